The molecule has 1 aromatic heterocycles. The summed E-state index contributed by atoms with van der Waals surface area (Å²) in [6.07, 6.45) is 1.78. The van der Waals surface area contributed by atoms with E-state index in [1.807, 2.05) is 0 Å². The molecule has 0 atom stereocenters. The topological polar surface area (TPSA) is 57.9 Å². The van der Waals surface area contributed by atoms with Gasteiger partial charge in [-0.25, -0.2) is 0 Å². The fourth-order valence-corrected chi connectivity index (χ4v) is 2.48. The molecule has 4 heteroatoms. The number of benzene rings is 1. The summed E-state index contributed by atoms with van der Waals surface area (Å²) in [4.78, 5) is 2.47. The predicted octanol–water partition coefficient (Wildman–Crippen LogP) is 2.38. The lowest BCUT2D eigenvalue weighted by Gasteiger charge is -2.18. The fourth-order valence-electron chi connectivity index (χ4n) is 2.48. The van der Waals surface area contributed by atoms with E-state index >= 15 is 0 Å². The summed E-state index contributed by atoms with van der Waals surface area (Å²) in [7, 11) is 0. The Hall–Kier alpha value is -1.81. The summed E-state index contributed by atoms with van der Waals surface area (Å²) in [5.41, 5.74) is 10.8. The first-order chi connectivity index (χ1) is 8.65. The highest BCUT2D eigenvalue weighted by molar-refractivity contribution is 5.73. The average molecular weight is 242 g/mol. The van der Waals surface area contributed by atoms with Crippen LogP contribution in [0.3, 0.4) is 0 Å². The molecule has 4 nitrogen and oxygen atoms in total. The van der Waals surface area contributed by atoms with Crippen molar-refractivity contribution in [1.82, 2.24) is 15.1 Å². The summed E-state index contributed by atoms with van der Waals surface area (Å²) in [6.45, 7) is 6.55. The van der Waals surface area contributed by atoms with E-state index in [-0.39, 0.29) is 0 Å². The molecule has 0 saturated heterocycles. The van der Waals surface area contributed by atoms with Crippen LogP contribution < -0.4 is 5.73 Å². The molecule has 0 spiro atoms. The largest absolute Gasteiger partial charge is 0.384 e. The van der Waals surface area contributed by atoms with Gasteiger partial charge in [0.15, 0.2) is 0 Å². The summed E-state index contributed by atoms with van der Waals surface area (Å²) in [5, 5.41) is 6.75. The Labute approximate surface area is 107 Å². The SMILES string of the molecule is CC(C)N1Cc2ccc(-c3cn[nH]c3N)cc2C1. The first-order valence-corrected chi connectivity index (χ1v) is 6.30. The Morgan fingerprint density at radius 2 is 2.06 bits per heavy atom. The predicted molar refractivity (Wildman–Crippen MR) is 72.8 cm³/mol. The van der Waals surface area contributed by atoms with Crippen LogP contribution in [0.15, 0.2) is 24.4 Å². The minimum atomic E-state index is 0.583. The second-order valence-electron chi connectivity index (χ2n) is 5.18. The third-order valence-corrected chi connectivity index (χ3v) is 3.66. The molecule has 0 unspecified atom stereocenters. The first-order valence-electron chi connectivity index (χ1n) is 6.30. The maximum absolute atomic E-state index is 5.86. The molecular formula is C14H18N4. The minimum Gasteiger partial charge on any atom is -0.384 e. The number of rotatable bonds is 2. The molecule has 2 aromatic rings. The molecular weight excluding hydrogens is 224 g/mol. The van der Waals surface area contributed by atoms with Gasteiger partial charge in [0.05, 0.1) is 6.20 Å². The van der Waals surface area contributed by atoms with Crippen molar-refractivity contribution in [2.24, 2.45) is 0 Å². The Balaban J connectivity index is 1.95. The van der Waals surface area contributed by atoms with Gasteiger partial charge in [0.1, 0.15) is 5.82 Å². The summed E-state index contributed by atoms with van der Waals surface area (Å²) >= 11 is 0. The van der Waals surface area contributed by atoms with Gasteiger partial charge in [-0.15, -0.1) is 0 Å². The van der Waals surface area contributed by atoms with Crippen LogP contribution in [-0.4, -0.2) is 21.1 Å². The lowest BCUT2D eigenvalue weighted by molar-refractivity contribution is 0.227. The van der Waals surface area contributed by atoms with E-state index in [2.05, 4.69) is 47.1 Å². The van der Waals surface area contributed by atoms with Crippen LogP contribution in [-0.2, 0) is 13.1 Å². The highest BCUT2D eigenvalue weighted by Crippen LogP contribution is 2.30. The highest BCUT2D eigenvalue weighted by atomic mass is 15.2. The zero-order valence-electron chi connectivity index (χ0n) is 10.8. The molecule has 0 saturated carbocycles. The van der Waals surface area contributed by atoms with Crippen LogP contribution in [0.4, 0.5) is 5.82 Å². The van der Waals surface area contributed by atoms with Crippen molar-refractivity contribution in [3.05, 3.63) is 35.5 Å². The van der Waals surface area contributed by atoms with E-state index in [0.717, 1.165) is 24.2 Å². The third-order valence-electron chi connectivity index (χ3n) is 3.66. The van der Waals surface area contributed by atoms with Gasteiger partial charge >= 0.3 is 0 Å². The number of anilines is 1. The highest BCUT2D eigenvalue weighted by Gasteiger charge is 2.21. The second-order valence-corrected chi connectivity index (χ2v) is 5.18. The Bertz CT molecular complexity index is 571. The van der Waals surface area contributed by atoms with Crippen LogP contribution in [0.5, 0.6) is 0 Å². The van der Waals surface area contributed by atoms with Crippen molar-refractivity contribution < 1.29 is 0 Å². The van der Waals surface area contributed by atoms with Crippen LogP contribution in [0.2, 0.25) is 0 Å². The lowest BCUT2D eigenvalue weighted by atomic mass is 10.0. The second kappa shape index (κ2) is 4.14. The van der Waals surface area contributed by atoms with Crippen molar-refractivity contribution in [1.29, 1.82) is 0 Å². The van der Waals surface area contributed by atoms with Gasteiger partial charge in [0.25, 0.3) is 0 Å². The van der Waals surface area contributed by atoms with Crippen molar-refractivity contribution in [3.8, 4) is 11.1 Å². The van der Waals surface area contributed by atoms with Crippen LogP contribution in [0, 0.1) is 0 Å². The van der Waals surface area contributed by atoms with Gasteiger partial charge < -0.3 is 5.73 Å². The fraction of sp³-hybridized carbons (Fsp3) is 0.357. The monoisotopic (exact) mass is 242 g/mol. The number of fused-ring (bicyclic) bond motifs is 1. The van der Waals surface area contributed by atoms with Gasteiger partial charge in [-0.2, -0.15) is 5.10 Å². The smallest absolute Gasteiger partial charge is 0.126 e. The van der Waals surface area contributed by atoms with E-state index < -0.39 is 0 Å². The maximum atomic E-state index is 5.86. The number of aromatic nitrogens is 2. The zero-order valence-corrected chi connectivity index (χ0v) is 10.8. The van der Waals surface area contributed by atoms with Gasteiger partial charge in [-0.1, -0.05) is 12.1 Å². The van der Waals surface area contributed by atoms with Crippen molar-refractivity contribution in [2.75, 3.05) is 5.73 Å². The number of aromatic amines is 1. The Morgan fingerprint density at radius 1 is 1.28 bits per heavy atom. The standard InChI is InChI=1S/C14H18N4/c1-9(2)18-7-11-4-3-10(5-12(11)8-18)13-6-16-17-14(13)15/h3-6,9H,7-8H2,1-2H3,(H3,15,16,17). The van der Waals surface area contributed by atoms with E-state index in [1.165, 1.54) is 11.1 Å². The first kappa shape index (κ1) is 11.3. The Morgan fingerprint density at radius 3 is 2.72 bits per heavy atom. The molecule has 1 aliphatic rings. The zero-order chi connectivity index (χ0) is 12.7. The molecule has 2 heterocycles. The number of hydrogen-bond acceptors (Lipinski definition) is 3. The number of nitrogens with zero attached hydrogens (tertiary/aromatic N) is 2. The van der Waals surface area contributed by atoms with Crippen molar-refractivity contribution >= 4 is 5.82 Å². The van der Waals surface area contributed by atoms with Gasteiger partial charge in [0, 0.05) is 24.7 Å². The molecule has 3 N–H and O–H groups in total. The molecule has 0 radical (unpaired) electrons. The molecule has 0 amide bonds. The molecule has 1 aromatic carbocycles. The summed E-state index contributed by atoms with van der Waals surface area (Å²) < 4.78 is 0. The van der Waals surface area contributed by atoms with E-state index in [1.54, 1.807) is 6.20 Å². The normalized spacial score (nSPS) is 15.3. The van der Waals surface area contributed by atoms with Crippen LogP contribution in [0.25, 0.3) is 11.1 Å². The Kier molecular flexibility index (Phi) is 2.59. The lowest BCUT2D eigenvalue weighted by Crippen LogP contribution is -2.24. The summed E-state index contributed by atoms with van der Waals surface area (Å²) in [6, 6.07) is 7.15. The van der Waals surface area contributed by atoms with E-state index in [9.17, 15) is 0 Å². The number of nitrogens with two attached hydrogens (primary N) is 1. The van der Waals surface area contributed by atoms with Gasteiger partial charge in [0.2, 0.25) is 0 Å². The van der Waals surface area contributed by atoms with Gasteiger partial charge in [-0.3, -0.25) is 10.00 Å². The molecule has 3 rings (SSSR count). The number of nitrogens with one attached hydrogen (secondary N) is 1. The maximum Gasteiger partial charge on any atom is 0.126 e. The molecule has 18 heavy (non-hydrogen) atoms. The number of nitrogen functional groups attached to an aromatic ring is 1. The van der Waals surface area contributed by atoms with E-state index in [4.69, 9.17) is 5.73 Å². The van der Waals surface area contributed by atoms with Crippen LogP contribution in [0.1, 0.15) is 25.0 Å². The van der Waals surface area contributed by atoms with E-state index in [0.29, 0.717) is 11.9 Å². The quantitative estimate of drug-likeness (QED) is 0.850. The molecule has 0 fully saturated rings. The van der Waals surface area contributed by atoms with Crippen molar-refractivity contribution in [3.63, 3.8) is 0 Å². The average Bonchev–Trinajstić information content (AvgIpc) is 2.93. The summed E-state index contributed by atoms with van der Waals surface area (Å²) in [5.74, 6) is 0.633. The third kappa shape index (κ3) is 1.78. The number of hydrogen-bond donors (Lipinski definition) is 2. The van der Waals surface area contributed by atoms with Gasteiger partial charge in [-0.05, 0) is 36.6 Å². The molecule has 0 bridgehead atoms. The number of H-pyrrole nitrogens is 1. The van der Waals surface area contributed by atoms with Crippen molar-refractivity contribution in [2.45, 2.75) is 33.0 Å². The minimum absolute atomic E-state index is 0.583. The molecule has 0 aliphatic carbocycles. The molecule has 94 valence electrons. The van der Waals surface area contributed by atoms with Crippen LogP contribution >= 0.6 is 0 Å². The molecule has 1 aliphatic heterocycles.